The summed E-state index contributed by atoms with van der Waals surface area (Å²) in [4.78, 5) is 38.5. The van der Waals surface area contributed by atoms with Crippen molar-refractivity contribution in [2.24, 2.45) is 5.92 Å². The van der Waals surface area contributed by atoms with Gasteiger partial charge in [-0.2, -0.15) is 18.3 Å². The number of terminal acetylenes is 1. The van der Waals surface area contributed by atoms with E-state index < -0.39 is 11.9 Å². The van der Waals surface area contributed by atoms with E-state index in [1.807, 2.05) is 24.0 Å². The molecule has 45 heavy (non-hydrogen) atoms. The largest absolute Gasteiger partial charge is 0.435 e. The Morgan fingerprint density at radius 1 is 1.09 bits per heavy atom. The van der Waals surface area contributed by atoms with Gasteiger partial charge in [-0.3, -0.25) is 23.7 Å². The Hall–Kier alpha value is -4.66. The first kappa shape index (κ1) is 30.4. The van der Waals surface area contributed by atoms with Gasteiger partial charge in [0.2, 0.25) is 5.91 Å². The van der Waals surface area contributed by atoms with Gasteiger partial charge in [0.25, 0.3) is 5.91 Å². The number of aryl methyl sites for hydroxylation is 2. The van der Waals surface area contributed by atoms with Crippen LogP contribution in [0.1, 0.15) is 65.0 Å². The van der Waals surface area contributed by atoms with Gasteiger partial charge in [-0.25, -0.2) is 4.98 Å². The van der Waals surface area contributed by atoms with E-state index in [9.17, 15) is 22.8 Å². The van der Waals surface area contributed by atoms with Gasteiger partial charge >= 0.3 is 6.18 Å². The van der Waals surface area contributed by atoms with Crippen molar-refractivity contribution >= 4 is 17.5 Å². The first-order chi connectivity index (χ1) is 21.6. The molecule has 1 aromatic carbocycles. The predicted molar refractivity (Wildman–Crippen MR) is 161 cm³/mol. The number of nitrogens with zero attached hydrogens (tertiary/aromatic N) is 7. The summed E-state index contributed by atoms with van der Waals surface area (Å²) in [5.74, 6) is 3.07. The molecule has 2 aliphatic rings. The number of aromatic nitrogens is 5. The molecular weight excluding hydrogens is 583 g/mol. The summed E-state index contributed by atoms with van der Waals surface area (Å²) >= 11 is 0. The van der Waals surface area contributed by atoms with E-state index in [1.165, 1.54) is 29.7 Å². The standard InChI is InChI=1S/C33H34F3N7O2/c1-3-4-11-42-21-26(30(39-42)33(34,35)36)28-20-38-31-27(37-10-12-43(28)31)18-24-8-9-25(22(2)17-24)32(45)41-15-13-40(14-16-41)29(44)19-23-6-5-7-23/h1,8-10,12,17,20-21,23H,4-7,11,13-16,18-19H2,2H3. The highest BCUT2D eigenvalue weighted by molar-refractivity contribution is 5.96. The molecule has 0 bridgehead atoms. The molecule has 2 fully saturated rings. The van der Waals surface area contributed by atoms with E-state index in [-0.39, 0.29) is 36.0 Å². The van der Waals surface area contributed by atoms with Crippen LogP contribution in [0.3, 0.4) is 0 Å². The van der Waals surface area contributed by atoms with E-state index in [1.54, 1.807) is 21.6 Å². The molecule has 234 valence electrons. The van der Waals surface area contributed by atoms with Crippen molar-refractivity contribution < 1.29 is 22.8 Å². The molecule has 0 unspecified atom stereocenters. The summed E-state index contributed by atoms with van der Waals surface area (Å²) in [5, 5.41) is 3.76. The Balaban J connectivity index is 1.17. The first-order valence-corrected chi connectivity index (χ1v) is 15.2. The van der Waals surface area contributed by atoms with E-state index in [0.29, 0.717) is 61.8 Å². The van der Waals surface area contributed by atoms with Crippen LogP contribution >= 0.6 is 0 Å². The van der Waals surface area contributed by atoms with Crippen molar-refractivity contribution in [3.8, 4) is 23.6 Å². The van der Waals surface area contributed by atoms with E-state index in [4.69, 9.17) is 6.42 Å². The Morgan fingerprint density at radius 3 is 2.51 bits per heavy atom. The van der Waals surface area contributed by atoms with Crippen molar-refractivity contribution in [1.29, 1.82) is 0 Å². The number of hydrogen-bond acceptors (Lipinski definition) is 5. The van der Waals surface area contributed by atoms with Crippen LogP contribution in [0.15, 0.2) is 43.0 Å². The minimum absolute atomic E-state index is 0.0634. The average molecular weight is 618 g/mol. The molecule has 4 heterocycles. The summed E-state index contributed by atoms with van der Waals surface area (Å²) in [6, 6.07) is 5.60. The number of imidazole rings is 1. The van der Waals surface area contributed by atoms with Crippen LogP contribution < -0.4 is 0 Å². The summed E-state index contributed by atoms with van der Waals surface area (Å²) in [7, 11) is 0. The maximum absolute atomic E-state index is 13.9. The second-order valence-corrected chi connectivity index (χ2v) is 11.8. The molecule has 0 atom stereocenters. The quantitative estimate of drug-likeness (QED) is 0.260. The van der Waals surface area contributed by atoms with Gasteiger partial charge < -0.3 is 9.80 Å². The maximum Gasteiger partial charge on any atom is 0.435 e. The molecule has 2 amide bonds. The summed E-state index contributed by atoms with van der Waals surface area (Å²) in [6.45, 7) is 4.15. The summed E-state index contributed by atoms with van der Waals surface area (Å²) in [6.07, 6.45) is 11.2. The predicted octanol–water partition coefficient (Wildman–Crippen LogP) is 5.01. The van der Waals surface area contributed by atoms with Crippen molar-refractivity contribution in [2.75, 3.05) is 26.2 Å². The zero-order chi connectivity index (χ0) is 31.7. The van der Waals surface area contributed by atoms with Crippen LogP contribution in [0.2, 0.25) is 0 Å². The maximum atomic E-state index is 13.9. The fourth-order valence-corrected chi connectivity index (χ4v) is 6.08. The van der Waals surface area contributed by atoms with Crippen molar-refractivity contribution in [3.05, 3.63) is 71.1 Å². The fourth-order valence-electron chi connectivity index (χ4n) is 6.08. The number of piperazine rings is 1. The number of halogens is 3. The number of carbonyl (C=O) groups excluding carboxylic acids is 2. The van der Waals surface area contributed by atoms with Gasteiger partial charge in [-0.05, 0) is 42.9 Å². The Labute approximate surface area is 259 Å². The lowest BCUT2D eigenvalue weighted by Gasteiger charge is -2.36. The third kappa shape index (κ3) is 6.30. The Kier molecular flexibility index (Phi) is 8.36. The van der Waals surface area contributed by atoms with Gasteiger partial charge in [-0.1, -0.05) is 18.6 Å². The molecule has 3 aromatic heterocycles. The van der Waals surface area contributed by atoms with Crippen LogP contribution in [-0.2, 0) is 23.9 Å². The number of alkyl halides is 3. The molecule has 1 saturated heterocycles. The molecule has 0 N–H and O–H groups in total. The van der Waals surface area contributed by atoms with Gasteiger partial charge in [0.15, 0.2) is 11.3 Å². The van der Waals surface area contributed by atoms with E-state index in [0.717, 1.165) is 24.0 Å². The van der Waals surface area contributed by atoms with Gasteiger partial charge in [0.05, 0.1) is 29.7 Å². The first-order valence-electron chi connectivity index (χ1n) is 15.2. The number of hydrogen-bond donors (Lipinski definition) is 0. The molecular formula is C33H34F3N7O2. The van der Waals surface area contributed by atoms with Crippen molar-refractivity contribution in [2.45, 2.75) is 58.2 Å². The molecule has 1 saturated carbocycles. The van der Waals surface area contributed by atoms with Crippen LogP contribution in [0.4, 0.5) is 13.2 Å². The Morgan fingerprint density at radius 2 is 1.84 bits per heavy atom. The highest BCUT2D eigenvalue weighted by Crippen LogP contribution is 2.36. The molecule has 1 aliphatic carbocycles. The number of amides is 2. The second-order valence-electron chi connectivity index (χ2n) is 11.8. The molecule has 1 aliphatic heterocycles. The molecule has 9 nitrogen and oxygen atoms in total. The van der Waals surface area contributed by atoms with Crippen molar-refractivity contribution in [3.63, 3.8) is 0 Å². The number of benzene rings is 1. The van der Waals surface area contributed by atoms with E-state index in [2.05, 4.69) is 21.0 Å². The second kappa shape index (κ2) is 12.4. The molecule has 12 heteroatoms. The third-order valence-electron chi connectivity index (χ3n) is 8.79. The van der Waals surface area contributed by atoms with Crippen LogP contribution in [0, 0.1) is 25.2 Å². The monoisotopic (exact) mass is 617 g/mol. The number of carbonyl (C=O) groups is 2. The van der Waals surface area contributed by atoms with Gasteiger partial charge in [0.1, 0.15) is 0 Å². The van der Waals surface area contributed by atoms with E-state index >= 15 is 0 Å². The number of fused-ring (bicyclic) bond motifs is 1. The topological polar surface area (TPSA) is 88.6 Å². The molecule has 6 rings (SSSR count). The Bertz CT molecular complexity index is 1770. The molecule has 4 aromatic rings. The zero-order valence-corrected chi connectivity index (χ0v) is 25.1. The van der Waals surface area contributed by atoms with Crippen molar-refractivity contribution in [1.82, 2.24) is 33.9 Å². The van der Waals surface area contributed by atoms with Gasteiger partial charge in [0, 0.05) is 69.6 Å². The van der Waals surface area contributed by atoms with Crippen LogP contribution in [0.5, 0.6) is 0 Å². The molecule has 0 radical (unpaired) electrons. The molecule has 0 spiro atoms. The third-order valence-corrected chi connectivity index (χ3v) is 8.79. The van der Waals surface area contributed by atoms with Gasteiger partial charge in [-0.15, -0.1) is 12.3 Å². The normalized spacial score (nSPS) is 15.7. The SMILES string of the molecule is C#CCCn1cc(-c2cnc3c(Cc4ccc(C(=O)N5CCN(C(=O)CC6CCC6)CC5)c(C)c4)nccn23)c(C(F)(F)F)n1. The summed E-state index contributed by atoms with van der Waals surface area (Å²) < 4.78 is 44.5. The number of rotatable bonds is 8. The lowest BCUT2D eigenvalue weighted by atomic mass is 9.82. The summed E-state index contributed by atoms with van der Waals surface area (Å²) in [5.41, 5.74) is 2.46. The highest BCUT2D eigenvalue weighted by Gasteiger charge is 2.38. The lowest BCUT2D eigenvalue weighted by Crippen LogP contribution is -2.51. The lowest BCUT2D eigenvalue weighted by molar-refractivity contribution is -0.141. The smallest absolute Gasteiger partial charge is 0.339 e. The minimum Gasteiger partial charge on any atom is -0.339 e. The average Bonchev–Trinajstić information content (AvgIpc) is 3.63. The van der Waals surface area contributed by atoms with Crippen LogP contribution in [-0.4, -0.2) is 71.9 Å². The fraction of sp³-hybridized carbons (Fsp3) is 0.424. The zero-order valence-electron chi connectivity index (χ0n) is 25.1. The van der Waals surface area contributed by atoms with Crippen LogP contribution in [0.25, 0.3) is 16.9 Å². The minimum atomic E-state index is -4.66. The highest BCUT2D eigenvalue weighted by atomic mass is 19.4.